The number of halogens is 1. The van der Waals surface area contributed by atoms with Crippen LogP contribution in [-0.4, -0.2) is 63.6 Å². The number of aliphatic hydroxyl groups excluding tert-OH is 1. The number of amides is 1. The molecule has 34 heavy (non-hydrogen) atoms. The molecule has 10 heteroatoms. The molecule has 2 aliphatic heterocycles. The monoisotopic (exact) mass is 486 g/mol. The highest BCUT2D eigenvalue weighted by Crippen LogP contribution is 2.31. The first-order valence-corrected chi connectivity index (χ1v) is 11.9. The molecule has 4 heterocycles. The summed E-state index contributed by atoms with van der Waals surface area (Å²) in [5.74, 6) is -0.0808. The number of carbonyl (C=O) groups is 1. The average molecular weight is 487 g/mol. The zero-order valence-corrected chi connectivity index (χ0v) is 19.5. The van der Waals surface area contributed by atoms with Crippen LogP contribution in [0.2, 0.25) is 5.02 Å². The zero-order chi connectivity index (χ0) is 23.7. The number of pyridine rings is 1. The SMILES string of the molecule is CCCCCc1ccc(C(=O)Nc2nc3nc(O[C@@H]4COC5C4OC[C@H]5O)[nH]c3cc2Cl)cc1. The highest BCUT2D eigenvalue weighted by atomic mass is 35.5. The largest absolute Gasteiger partial charge is 0.456 e. The number of aromatic amines is 1. The summed E-state index contributed by atoms with van der Waals surface area (Å²) in [5.41, 5.74) is 2.65. The van der Waals surface area contributed by atoms with Gasteiger partial charge in [-0.15, -0.1) is 0 Å². The Morgan fingerprint density at radius 1 is 1.21 bits per heavy atom. The highest BCUT2D eigenvalue weighted by molar-refractivity contribution is 6.34. The van der Waals surface area contributed by atoms with E-state index in [2.05, 4.69) is 27.2 Å². The molecule has 2 saturated heterocycles. The second-order valence-electron chi connectivity index (χ2n) is 8.66. The molecule has 2 fully saturated rings. The van der Waals surface area contributed by atoms with E-state index in [4.69, 9.17) is 25.8 Å². The predicted octanol–water partition coefficient (Wildman–Crippen LogP) is 3.50. The third-order valence-corrected chi connectivity index (χ3v) is 6.45. The number of hydrogen-bond acceptors (Lipinski definition) is 7. The maximum absolute atomic E-state index is 12.7. The van der Waals surface area contributed by atoms with E-state index in [9.17, 15) is 9.90 Å². The Labute approximate surface area is 201 Å². The lowest BCUT2D eigenvalue weighted by molar-refractivity contribution is 0.00706. The average Bonchev–Trinajstić information content (AvgIpc) is 3.51. The second-order valence-corrected chi connectivity index (χ2v) is 9.07. The van der Waals surface area contributed by atoms with Crippen LogP contribution in [0.25, 0.3) is 11.2 Å². The Kier molecular flexibility index (Phi) is 6.69. The number of benzene rings is 1. The van der Waals surface area contributed by atoms with Gasteiger partial charge in [0.05, 0.1) is 23.8 Å². The van der Waals surface area contributed by atoms with Crippen LogP contribution < -0.4 is 10.1 Å². The molecule has 0 aliphatic carbocycles. The fourth-order valence-corrected chi connectivity index (χ4v) is 4.51. The van der Waals surface area contributed by atoms with Gasteiger partial charge in [0, 0.05) is 5.56 Å². The zero-order valence-electron chi connectivity index (χ0n) is 18.8. The summed E-state index contributed by atoms with van der Waals surface area (Å²) in [4.78, 5) is 24.5. The van der Waals surface area contributed by atoms with Crippen molar-refractivity contribution in [2.75, 3.05) is 18.5 Å². The van der Waals surface area contributed by atoms with Gasteiger partial charge in [-0.3, -0.25) is 4.79 Å². The van der Waals surface area contributed by atoms with E-state index in [0.29, 0.717) is 16.7 Å². The molecule has 1 aromatic carbocycles. The number of imidazole rings is 1. The van der Waals surface area contributed by atoms with Gasteiger partial charge in [-0.1, -0.05) is 43.5 Å². The molecule has 4 atom stereocenters. The number of aromatic nitrogens is 3. The Balaban J connectivity index is 1.26. The molecule has 2 aromatic heterocycles. The van der Waals surface area contributed by atoms with E-state index in [1.165, 1.54) is 18.4 Å². The smallest absolute Gasteiger partial charge is 0.296 e. The van der Waals surface area contributed by atoms with Gasteiger partial charge in [0.25, 0.3) is 11.9 Å². The third-order valence-electron chi connectivity index (χ3n) is 6.17. The number of ether oxygens (including phenoxy) is 3. The summed E-state index contributed by atoms with van der Waals surface area (Å²) in [6, 6.07) is 9.44. The molecule has 0 spiro atoms. The summed E-state index contributed by atoms with van der Waals surface area (Å²) in [6.45, 7) is 2.68. The Morgan fingerprint density at radius 3 is 2.79 bits per heavy atom. The summed E-state index contributed by atoms with van der Waals surface area (Å²) in [6.07, 6.45) is 2.71. The number of rotatable bonds is 8. The van der Waals surface area contributed by atoms with Crippen molar-refractivity contribution in [3.05, 3.63) is 46.5 Å². The van der Waals surface area contributed by atoms with Crippen molar-refractivity contribution in [3.8, 4) is 6.01 Å². The minimum absolute atomic E-state index is 0.218. The predicted molar refractivity (Wildman–Crippen MR) is 126 cm³/mol. The van der Waals surface area contributed by atoms with Crippen LogP contribution >= 0.6 is 11.6 Å². The second kappa shape index (κ2) is 9.87. The number of fused-ring (bicyclic) bond motifs is 2. The minimum atomic E-state index is -0.654. The fraction of sp³-hybridized carbons (Fsp3) is 0.458. The van der Waals surface area contributed by atoms with Gasteiger partial charge >= 0.3 is 0 Å². The van der Waals surface area contributed by atoms with Crippen molar-refractivity contribution in [1.29, 1.82) is 0 Å². The van der Waals surface area contributed by atoms with E-state index in [-0.39, 0.29) is 42.1 Å². The van der Waals surface area contributed by atoms with E-state index >= 15 is 0 Å². The molecule has 3 N–H and O–H groups in total. The minimum Gasteiger partial charge on any atom is -0.456 e. The lowest BCUT2D eigenvalue weighted by atomic mass is 10.1. The van der Waals surface area contributed by atoms with Crippen molar-refractivity contribution in [2.24, 2.45) is 0 Å². The van der Waals surface area contributed by atoms with Crippen molar-refractivity contribution in [1.82, 2.24) is 15.0 Å². The van der Waals surface area contributed by atoms with Crippen LogP contribution in [0.5, 0.6) is 6.01 Å². The molecule has 9 nitrogen and oxygen atoms in total. The van der Waals surface area contributed by atoms with Crippen molar-refractivity contribution < 1.29 is 24.1 Å². The maximum Gasteiger partial charge on any atom is 0.296 e. The summed E-state index contributed by atoms with van der Waals surface area (Å²) < 4.78 is 17.1. The number of aryl methyl sites for hydroxylation is 1. The molecule has 5 rings (SSSR count). The number of hydrogen-bond donors (Lipinski definition) is 3. The first-order valence-electron chi connectivity index (χ1n) is 11.6. The van der Waals surface area contributed by atoms with Gasteiger partial charge < -0.3 is 29.6 Å². The lowest BCUT2D eigenvalue weighted by Gasteiger charge is -2.15. The fourth-order valence-electron chi connectivity index (χ4n) is 4.31. The normalized spacial score (nSPS) is 23.9. The van der Waals surface area contributed by atoms with E-state index in [0.717, 1.165) is 12.8 Å². The van der Waals surface area contributed by atoms with Crippen LogP contribution in [0.3, 0.4) is 0 Å². The molecule has 2 aliphatic rings. The number of anilines is 1. The van der Waals surface area contributed by atoms with Gasteiger partial charge in [-0.2, -0.15) is 4.98 Å². The standard InChI is InChI=1S/C24H27ClN4O5/c1-2-3-4-5-13-6-8-14(9-7-13)23(31)28-21-15(25)10-16-22(27-21)29-24(26-16)34-18-12-33-19-17(30)11-32-20(18)19/h6-10,17-20,30H,2-5,11-12H2,1H3,(H2,26,27,28,29,31)/t17-,18-,19?,20?/m1/s1. The van der Waals surface area contributed by atoms with Gasteiger partial charge in [0.1, 0.15) is 18.3 Å². The number of H-pyrrole nitrogens is 1. The molecule has 3 aromatic rings. The third kappa shape index (κ3) is 4.74. The first-order chi connectivity index (χ1) is 16.5. The molecule has 0 radical (unpaired) electrons. The van der Waals surface area contributed by atoms with Crippen LogP contribution in [0.1, 0.15) is 42.1 Å². The summed E-state index contributed by atoms with van der Waals surface area (Å²) in [5, 5.41) is 12.9. The molecular formula is C24H27ClN4O5. The quantitative estimate of drug-likeness (QED) is 0.417. The van der Waals surface area contributed by atoms with Crippen LogP contribution in [0.15, 0.2) is 30.3 Å². The van der Waals surface area contributed by atoms with E-state index < -0.39 is 18.3 Å². The Morgan fingerprint density at radius 2 is 2.00 bits per heavy atom. The van der Waals surface area contributed by atoms with E-state index in [1.807, 2.05) is 24.3 Å². The van der Waals surface area contributed by atoms with Crippen LogP contribution in [0, 0.1) is 0 Å². The lowest BCUT2D eigenvalue weighted by Crippen LogP contribution is -2.34. The molecule has 180 valence electrons. The van der Waals surface area contributed by atoms with Crippen molar-refractivity contribution in [2.45, 2.75) is 57.0 Å². The topological polar surface area (TPSA) is 119 Å². The summed E-state index contributed by atoms with van der Waals surface area (Å²) >= 11 is 6.37. The summed E-state index contributed by atoms with van der Waals surface area (Å²) in [7, 11) is 0. The van der Waals surface area contributed by atoms with Crippen molar-refractivity contribution in [3.63, 3.8) is 0 Å². The number of aliphatic hydroxyl groups is 1. The number of nitrogens with zero attached hydrogens (tertiary/aromatic N) is 2. The molecular weight excluding hydrogens is 460 g/mol. The van der Waals surface area contributed by atoms with E-state index in [1.54, 1.807) is 6.07 Å². The molecule has 1 amide bonds. The molecule has 0 bridgehead atoms. The van der Waals surface area contributed by atoms with Gasteiger partial charge in [-0.05, 0) is 36.6 Å². The van der Waals surface area contributed by atoms with Crippen molar-refractivity contribution >= 4 is 34.5 Å². The van der Waals surface area contributed by atoms with Gasteiger partial charge in [0.2, 0.25) is 0 Å². The van der Waals surface area contributed by atoms with Gasteiger partial charge in [0.15, 0.2) is 17.6 Å². The number of carbonyl (C=O) groups excluding carboxylic acids is 1. The molecule has 2 unspecified atom stereocenters. The Hall–Kier alpha value is -2.72. The Bertz CT molecular complexity index is 1170. The number of unbranched alkanes of at least 4 members (excludes halogenated alkanes) is 2. The first kappa shape index (κ1) is 23.0. The number of nitrogens with one attached hydrogen (secondary N) is 2. The molecule has 0 saturated carbocycles. The highest BCUT2D eigenvalue weighted by Gasteiger charge is 2.48. The van der Waals surface area contributed by atoms with Crippen LogP contribution in [0.4, 0.5) is 5.82 Å². The van der Waals surface area contributed by atoms with Gasteiger partial charge in [-0.25, -0.2) is 4.98 Å². The maximum atomic E-state index is 12.7. The van der Waals surface area contributed by atoms with Crippen LogP contribution in [-0.2, 0) is 15.9 Å².